The number of ether oxygens (including phenoxy) is 2. The molecule has 3 aromatic rings. The van der Waals surface area contributed by atoms with E-state index >= 15 is 0 Å². The van der Waals surface area contributed by atoms with E-state index in [4.69, 9.17) is 14.5 Å². The van der Waals surface area contributed by atoms with Gasteiger partial charge in [-0.1, -0.05) is 11.3 Å². The van der Waals surface area contributed by atoms with E-state index < -0.39 is 0 Å². The van der Waals surface area contributed by atoms with Crippen molar-refractivity contribution in [2.45, 2.75) is 12.8 Å². The van der Waals surface area contributed by atoms with Gasteiger partial charge in [0.05, 0.1) is 23.9 Å². The second-order valence-corrected chi connectivity index (χ2v) is 7.14. The molecule has 1 fully saturated rings. The number of aromatic nitrogens is 3. The third kappa shape index (κ3) is 3.66. The van der Waals surface area contributed by atoms with E-state index in [2.05, 4.69) is 20.9 Å². The lowest BCUT2D eigenvalue weighted by atomic mass is 9.99. The SMILES string of the molecule is COc1ccc2sc(N3CCCC(COc4ncccn4)C3)nc2c1. The Kier molecular flexibility index (Phi) is 4.65. The Labute approximate surface area is 150 Å². The summed E-state index contributed by atoms with van der Waals surface area (Å²) in [5.74, 6) is 1.30. The number of benzene rings is 1. The third-order valence-corrected chi connectivity index (χ3v) is 5.46. The van der Waals surface area contributed by atoms with Crippen molar-refractivity contribution in [2.75, 3.05) is 31.7 Å². The van der Waals surface area contributed by atoms with Gasteiger partial charge in [0.2, 0.25) is 0 Å². The predicted octanol–water partition coefficient (Wildman–Crippen LogP) is 3.39. The molecule has 7 heteroatoms. The number of methoxy groups -OCH3 is 1. The highest BCUT2D eigenvalue weighted by Crippen LogP contribution is 2.33. The zero-order chi connectivity index (χ0) is 17.1. The maximum atomic E-state index is 5.74. The number of rotatable bonds is 5. The molecule has 3 heterocycles. The fraction of sp³-hybridized carbons (Fsp3) is 0.389. The first-order valence-electron chi connectivity index (χ1n) is 8.41. The zero-order valence-electron chi connectivity index (χ0n) is 14.1. The molecule has 0 spiro atoms. The topological polar surface area (TPSA) is 60.4 Å². The molecule has 1 aromatic carbocycles. The Morgan fingerprint density at radius 3 is 3.00 bits per heavy atom. The average Bonchev–Trinajstić information content (AvgIpc) is 3.10. The Balaban J connectivity index is 1.43. The second kappa shape index (κ2) is 7.23. The number of hydrogen-bond acceptors (Lipinski definition) is 7. The van der Waals surface area contributed by atoms with E-state index in [0.717, 1.165) is 42.3 Å². The summed E-state index contributed by atoms with van der Waals surface area (Å²) in [6.45, 7) is 2.62. The summed E-state index contributed by atoms with van der Waals surface area (Å²) in [6, 6.07) is 8.29. The van der Waals surface area contributed by atoms with Crippen LogP contribution in [0.25, 0.3) is 10.2 Å². The van der Waals surface area contributed by atoms with Gasteiger partial charge in [-0.15, -0.1) is 0 Å². The van der Waals surface area contributed by atoms with Crippen LogP contribution in [-0.2, 0) is 0 Å². The van der Waals surface area contributed by atoms with E-state index in [1.807, 2.05) is 12.1 Å². The van der Waals surface area contributed by atoms with E-state index in [9.17, 15) is 0 Å². The van der Waals surface area contributed by atoms with Gasteiger partial charge >= 0.3 is 6.01 Å². The van der Waals surface area contributed by atoms with Crippen molar-refractivity contribution in [3.8, 4) is 11.8 Å². The minimum absolute atomic E-state index is 0.451. The standard InChI is InChI=1S/C18H20N4O2S/c1-23-14-5-6-16-15(10-14)21-18(25-16)22-9-2-4-13(11-22)12-24-17-19-7-3-8-20-17/h3,5-8,10,13H,2,4,9,11-12H2,1H3. The van der Waals surface area contributed by atoms with Gasteiger partial charge in [-0.05, 0) is 31.0 Å². The molecule has 1 saturated heterocycles. The summed E-state index contributed by atoms with van der Waals surface area (Å²) in [6.07, 6.45) is 5.70. The first kappa shape index (κ1) is 16.1. The minimum Gasteiger partial charge on any atom is -0.497 e. The maximum Gasteiger partial charge on any atom is 0.316 e. The molecular formula is C18H20N4O2S. The van der Waals surface area contributed by atoms with Crippen LogP contribution >= 0.6 is 11.3 Å². The van der Waals surface area contributed by atoms with Gasteiger partial charge in [-0.25, -0.2) is 15.0 Å². The van der Waals surface area contributed by atoms with Crippen molar-refractivity contribution in [3.05, 3.63) is 36.7 Å². The first-order chi connectivity index (χ1) is 12.3. The van der Waals surface area contributed by atoms with Crippen LogP contribution in [0.1, 0.15) is 12.8 Å². The summed E-state index contributed by atoms with van der Waals surface area (Å²) >= 11 is 1.73. The molecule has 0 saturated carbocycles. The van der Waals surface area contributed by atoms with E-state index in [1.165, 1.54) is 4.70 Å². The Hall–Kier alpha value is -2.41. The quantitative estimate of drug-likeness (QED) is 0.698. The highest BCUT2D eigenvalue weighted by atomic mass is 32.1. The Morgan fingerprint density at radius 1 is 1.28 bits per heavy atom. The van der Waals surface area contributed by atoms with Gasteiger partial charge in [0.1, 0.15) is 5.75 Å². The molecule has 0 amide bonds. The number of nitrogens with zero attached hydrogens (tertiary/aromatic N) is 4. The van der Waals surface area contributed by atoms with Crippen LogP contribution in [0.2, 0.25) is 0 Å². The highest BCUT2D eigenvalue weighted by Gasteiger charge is 2.23. The van der Waals surface area contributed by atoms with Gasteiger partial charge < -0.3 is 14.4 Å². The lowest BCUT2D eigenvalue weighted by Crippen LogP contribution is -2.37. The molecule has 0 aliphatic carbocycles. The highest BCUT2D eigenvalue weighted by molar-refractivity contribution is 7.22. The molecule has 1 atom stereocenters. The van der Waals surface area contributed by atoms with Crippen LogP contribution in [0.4, 0.5) is 5.13 Å². The zero-order valence-corrected chi connectivity index (χ0v) is 14.9. The molecule has 1 unspecified atom stereocenters. The summed E-state index contributed by atoms with van der Waals surface area (Å²) in [5, 5.41) is 1.07. The lowest BCUT2D eigenvalue weighted by molar-refractivity contribution is 0.214. The normalized spacial score (nSPS) is 17.6. The number of fused-ring (bicyclic) bond motifs is 1. The molecular weight excluding hydrogens is 336 g/mol. The molecule has 0 radical (unpaired) electrons. The van der Waals surface area contributed by atoms with Crippen molar-refractivity contribution < 1.29 is 9.47 Å². The van der Waals surface area contributed by atoms with Crippen molar-refractivity contribution in [2.24, 2.45) is 5.92 Å². The summed E-state index contributed by atoms with van der Waals surface area (Å²) in [5.41, 5.74) is 0.996. The van der Waals surface area contributed by atoms with Crippen molar-refractivity contribution in [1.82, 2.24) is 15.0 Å². The molecule has 0 bridgehead atoms. The largest absolute Gasteiger partial charge is 0.497 e. The van der Waals surface area contributed by atoms with Crippen molar-refractivity contribution >= 4 is 26.7 Å². The monoisotopic (exact) mass is 356 g/mol. The van der Waals surface area contributed by atoms with E-state index in [1.54, 1.807) is 36.9 Å². The van der Waals surface area contributed by atoms with Crippen LogP contribution in [-0.4, -0.2) is 41.8 Å². The lowest BCUT2D eigenvalue weighted by Gasteiger charge is -2.32. The van der Waals surface area contributed by atoms with Crippen LogP contribution < -0.4 is 14.4 Å². The number of hydrogen-bond donors (Lipinski definition) is 0. The van der Waals surface area contributed by atoms with Gasteiger partial charge in [-0.2, -0.15) is 0 Å². The number of piperidine rings is 1. The first-order valence-corrected chi connectivity index (χ1v) is 9.23. The van der Waals surface area contributed by atoms with Crippen LogP contribution in [0.15, 0.2) is 36.7 Å². The van der Waals surface area contributed by atoms with Crippen molar-refractivity contribution in [1.29, 1.82) is 0 Å². The number of anilines is 1. The molecule has 25 heavy (non-hydrogen) atoms. The molecule has 1 aliphatic heterocycles. The smallest absolute Gasteiger partial charge is 0.316 e. The van der Waals surface area contributed by atoms with Gasteiger partial charge in [0.15, 0.2) is 5.13 Å². The van der Waals surface area contributed by atoms with Gasteiger partial charge in [0.25, 0.3) is 0 Å². The summed E-state index contributed by atoms with van der Waals surface area (Å²) < 4.78 is 12.2. The van der Waals surface area contributed by atoms with Crippen LogP contribution in [0, 0.1) is 5.92 Å². The van der Waals surface area contributed by atoms with Gasteiger partial charge in [0, 0.05) is 37.5 Å². The Morgan fingerprint density at radius 2 is 2.16 bits per heavy atom. The van der Waals surface area contributed by atoms with Crippen LogP contribution in [0.5, 0.6) is 11.8 Å². The van der Waals surface area contributed by atoms with E-state index in [-0.39, 0.29) is 0 Å². The van der Waals surface area contributed by atoms with Crippen LogP contribution in [0.3, 0.4) is 0 Å². The molecule has 130 valence electrons. The summed E-state index contributed by atoms with van der Waals surface area (Å²) in [4.78, 5) is 15.4. The van der Waals surface area contributed by atoms with Gasteiger partial charge in [-0.3, -0.25) is 0 Å². The maximum absolute atomic E-state index is 5.74. The minimum atomic E-state index is 0.451. The third-order valence-electron chi connectivity index (χ3n) is 4.36. The molecule has 0 N–H and O–H groups in total. The second-order valence-electron chi connectivity index (χ2n) is 6.13. The average molecular weight is 356 g/mol. The Bertz CT molecular complexity index is 839. The molecule has 4 rings (SSSR count). The fourth-order valence-electron chi connectivity index (χ4n) is 3.08. The van der Waals surface area contributed by atoms with E-state index in [0.29, 0.717) is 18.5 Å². The molecule has 2 aromatic heterocycles. The fourth-order valence-corrected chi connectivity index (χ4v) is 4.07. The predicted molar refractivity (Wildman–Crippen MR) is 98.6 cm³/mol. The number of thiazole rings is 1. The molecule has 1 aliphatic rings. The van der Waals surface area contributed by atoms with Crippen molar-refractivity contribution in [3.63, 3.8) is 0 Å². The molecule has 6 nitrogen and oxygen atoms in total. The summed E-state index contributed by atoms with van der Waals surface area (Å²) in [7, 11) is 1.68.